The Morgan fingerprint density at radius 1 is 1.17 bits per heavy atom. The Kier molecular flexibility index (Phi) is 4.29. The minimum Gasteiger partial charge on any atom is -0.314 e. The Labute approximate surface area is 112 Å². The lowest BCUT2D eigenvalue weighted by molar-refractivity contribution is -0.137. The third-order valence-corrected chi connectivity index (χ3v) is 3.36. The smallest absolute Gasteiger partial charge is 0.314 e. The molecule has 2 nitrogen and oxygen atoms in total. The maximum atomic E-state index is 12.7. The second-order valence-corrected chi connectivity index (χ2v) is 5.29. The largest absolute Gasteiger partial charge is 0.416 e. The minimum atomic E-state index is -4.29. The number of nitrogens with zero attached hydrogens (tertiary/aromatic N) is 1. The van der Waals surface area contributed by atoms with Gasteiger partial charge in [-0.15, -0.1) is 0 Å². The number of halogens is 4. The molecule has 0 bridgehead atoms. The highest BCUT2D eigenvalue weighted by atomic mass is 79.9. The van der Waals surface area contributed by atoms with Gasteiger partial charge in [-0.1, -0.05) is 15.9 Å². The molecule has 0 aliphatic carbocycles. The summed E-state index contributed by atoms with van der Waals surface area (Å²) in [6.07, 6.45) is -4.29. The molecule has 1 aliphatic heterocycles. The summed E-state index contributed by atoms with van der Waals surface area (Å²) in [5.41, 5.74) is 0.0978. The van der Waals surface area contributed by atoms with Crippen LogP contribution in [-0.2, 0) is 12.7 Å². The molecule has 1 aromatic carbocycles. The van der Waals surface area contributed by atoms with E-state index in [0.29, 0.717) is 16.6 Å². The van der Waals surface area contributed by atoms with E-state index in [1.807, 2.05) is 0 Å². The highest BCUT2D eigenvalue weighted by Crippen LogP contribution is 2.32. The number of alkyl halides is 3. The summed E-state index contributed by atoms with van der Waals surface area (Å²) >= 11 is 3.14. The summed E-state index contributed by atoms with van der Waals surface area (Å²) in [5.74, 6) is 0. The standard InChI is InChI=1S/C12H14BrF3N2/c13-11-6-9(5-10(7-11)12(14,15)16)8-18-3-1-17-2-4-18/h5-7,17H,1-4,8H2. The van der Waals surface area contributed by atoms with Crippen LogP contribution in [0.3, 0.4) is 0 Å². The quantitative estimate of drug-likeness (QED) is 0.900. The summed E-state index contributed by atoms with van der Waals surface area (Å²) in [4.78, 5) is 2.15. The fourth-order valence-corrected chi connectivity index (χ4v) is 2.57. The predicted molar refractivity (Wildman–Crippen MR) is 67.3 cm³/mol. The Hall–Kier alpha value is -0.590. The van der Waals surface area contributed by atoms with E-state index in [1.54, 1.807) is 6.07 Å². The zero-order chi connectivity index (χ0) is 13.2. The molecule has 18 heavy (non-hydrogen) atoms. The third-order valence-electron chi connectivity index (χ3n) is 2.90. The van der Waals surface area contributed by atoms with E-state index in [1.165, 1.54) is 6.07 Å². The highest BCUT2D eigenvalue weighted by Gasteiger charge is 2.31. The van der Waals surface area contributed by atoms with Crippen LogP contribution in [0.2, 0.25) is 0 Å². The number of rotatable bonds is 2. The number of nitrogens with one attached hydrogen (secondary N) is 1. The van der Waals surface area contributed by atoms with Crippen molar-refractivity contribution in [1.82, 2.24) is 10.2 Å². The van der Waals surface area contributed by atoms with Crippen LogP contribution in [-0.4, -0.2) is 31.1 Å². The molecule has 0 aromatic heterocycles. The molecule has 100 valence electrons. The Morgan fingerprint density at radius 3 is 2.44 bits per heavy atom. The van der Waals surface area contributed by atoms with Gasteiger partial charge < -0.3 is 5.32 Å². The number of benzene rings is 1. The second kappa shape index (κ2) is 5.59. The average molecular weight is 323 g/mol. The van der Waals surface area contributed by atoms with Crippen LogP contribution in [0.1, 0.15) is 11.1 Å². The molecule has 1 aromatic rings. The minimum absolute atomic E-state index is 0.474. The first kappa shape index (κ1) is 13.8. The van der Waals surface area contributed by atoms with E-state index in [4.69, 9.17) is 0 Å². The Balaban J connectivity index is 2.14. The molecule has 1 fully saturated rings. The monoisotopic (exact) mass is 322 g/mol. The van der Waals surface area contributed by atoms with Crippen LogP contribution in [0.15, 0.2) is 22.7 Å². The molecule has 1 N–H and O–H groups in total. The van der Waals surface area contributed by atoms with Gasteiger partial charge in [0.2, 0.25) is 0 Å². The number of hydrogen-bond donors (Lipinski definition) is 1. The molecule has 1 saturated heterocycles. The molecule has 0 unspecified atom stereocenters. The molecule has 2 rings (SSSR count). The van der Waals surface area contributed by atoms with Gasteiger partial charge in [0.05, 0.1) is 5.56 Å². The second-order valence-electron chi connectivity index (χ2n) is 4.37. The Bertz CT molecular complexity index is 414. The van der Waals surface area contributed by atoms with Crippen LogP contribution < -0.4 is 5.32 Å². The van der Waals surface area contributed by atoms with E-state index >= 15 is 0 Å². The number of piperazine rings is 1. The van der Waals surface area contributed by atoms with Crippen molar-refractivity contribution < 1.29 is 13.2 Å². The molecule has 0 radical (unpaired) electrons. The molecule has 0 amide bonds. The normalized spacial score (nSPS) is 18.0. The molecular formula is C12H14BrF3N2. The van der Waals surface area contributed by atoms with E-state index in [9.17, 15) is 13.2 Å². The van der Waals surface area contributed by atoms with Crippen molar-refractivity contribution in [3.05, 3.63) is 33.8 Å². The van der Waals surface area contributed by atoms with Crippen molar-refractivity contribution >= 4 is 15.9 Å². The van der Waals surface area contributed by atoms with E-state index in [2.05, 4.69) is 26.1 Å². The summed E-state index contributed by atoms with van der Waals surface area (Å²) < 4.78 is 38.5. The van der Waals surface area contributed by atoms with Gasteiger partial charge in [0.15, 0.2) is 0 Å². The molecule has 0 saturated carbocycles. The van der Waals surface area contributed by atoms with Crippen LogP contribution >= 0.6 is 15.9 Å². The van der Waals surface area contributed by atoms with Gasteiger partial charge >= 0.3 is 6.18 Å². The van der Waals surface area contributed by atoms with Crippen molar-refractivity contribution in [2.45, 2.75) is 12.7 Å². The fraction of sp³-hybridized carbons (Fsp3) is 0.500. The Morgan fingerprint density at radius 2 is 1.83 bits per heavy atom. The van der Waals surface area contributed by atoms with Gasteiger partial charge in [-0.3, -0.25) is 4.90 Å². The summed E-state index contributed by atoms with van der Waals surface area (Å²) in [5, 5.41) is 3.22. The lowest BCUT2D eigenvalue weighted by Crippen LogP contribution is -2.42. The molecule has 6 heteroatoms. The van der Waals surface area contributed by atoms with Gasteiger partial charge in [0.25, 0.3) is 0 Å². The maximum absolute atomic E-state index is 12.7. The van der Waals surface area contributed by atoms with Crippen LogP contribution in [0.5, 0.6) is 0 Å². The SMILES string of the molecule is FC(F)(F)c1cc(Br)cc(CN2CCNCC2)c1. The summed E-state index contributed by atoms with van der Waals surface area (Å²) in [7, 11) is 0. The van der Waals surface area contributed by atoms with E-state index in [0.717, 1.165) is 32.2 Å². The first-order valence-corrected chi connectivity index (χ1v) is 6.54. The van der Waals surface area contributed by atoms with Crippen LogP contribution in [0.4, 0.5) is 13.2 Å². The van der Waals surface area contributed by atoms with Gasteiger partial charge in [-0.25, -0.2) is 0 Å². The summed E-state index contributed by atoms with van der Waals surface area (Å²) in [6.45, 7) is 4.08. The van der Waals surface area contributed by atoms with Gasteiger partial charge in [0.1, 0.15) is 0 Å². The lowest BCUT2D eigenvalue weighted by Gasteiger charge is -2.27. The van der Waals surface area contributed by atoms with E-state index < -0.39 is 11.7 Å². The maximum Gasteiger partial charge on any atom is 0.416 e. The zero-order valence-corrected chi connectivity index (χ0v) is 11.3. The third kappa shape index (κ3) is 3.70. The van der Waals surface area contributed by atoms with E-state index in [-0.39, 0.29) is 0 Å². The molecule has 1 aliphatic rings. The molecule has 1 heterocycles. The predicted octanol–water partition coefficient (Wildman–Crippen LogP) is 2.87. The molecular weight excluding hydrogens is 309 g/mol. The lowest BCUT2D eigenvalue weighted by atomic mass is 10.1. The fourth-order valence-electron chi connectivity index (χ4n) is 2.03. The highest BCUT2D eigenvalue weighted by molar-refractivity contribution is 9.10. The van der Waals surface area contributed by atoms with Crippen molar-refractivity contribution in [3.63, 3.8) is 0 Å². The van der Waals surface area contributed by atoms with Crippen LogP contribution in [0, 0.1) is 0 Å². The topological polar surface area (TPSA) is 15.3 Å². The summed E-state index contributed by atoms with van der Waals surface area (Å²) in [6, 6.07) is 4.09. The van der Waals surface area contributed by atoms with Crippen molar-refractivity contribution in [2.24, 2.45) is 0 Å². The first-order valence-electron chi connectivity index (χ1n) is 5.75. The van der Waals surface area contributed by atoms with Crippen molar-refractivity contribution in [3.8, 4) is 0 Å². The van der Waals surface area contributed by atoms with Gasteiger partial charge in [-0.05, 0) is 23.8 Å². The average Bonchev–Trinajstić information content (AvgIpc) is 2.28. The number of hydrogen-bond acceptors (Lipinski definition) is 2. The van der Waals surface area contributed by atoms with Gasteiger partial charge in [0, 0.05) is 37.2 Å². The van der Waals surface area contributed by atoms with Crippen molar-refractivity contribution in [2.75, 3.05) is 26.2 Å². The zero-order valence-electron chi connectivity index (χ0n) is 9.73. The van der Waals surface area contributed by atoms with Crippen molar-refractivity contribution in [1.29, 1.82) is 0 Å². The van der Waals surface area contributed by atoms with Gasteiger partial charge in [-0.2, -0.15) is 13.2 Å². The van der Waals surface area contributed by atoms with Crippen LogP contribution in [0.25, 0.3) is 0 Å². The molecule has 0 spiro atoms. The molecule has 0 atom stereocenters. The first-order chi connectivity index (χ1) is 8.45.